The van der Waals surface area contributed by atoms with Crippen LogP contribution >= 0.6 is 11.8 Å². The van der Waals surface area contributed by atoms with E-state index in [9.17, 15) is 8.78 Å². The van der Waals surface area contributed by atoms with Crippen LogP contribution in [0.3, 0.4) is 0 Å². The van der Waals surface area contributed by atoms with E-state index in [1.165, 1.54) is 10.5 Å². The van der Waals surface area contributed by atoms with Gasteiger partial charge in [-0.15, -0.1) is 11.8 Å². The molecule has 1 N–H and O–H groups in total. The van der Waals surface area contributed by atoms with E-state index in [4.69, 9.17) is 0 Å². The predicted molar refractivity (Wildman–Crippen MR) is 82.7 cm³/mol. The lowest BCUT2D eigenvalue weighted by atomic mass is 9.97. The molecule has 2 aromatic carbocycles. The van der Waals surface area contributed by atoms with Gasteiger partial charge in [0, 0.05) is 21.8 Å². The van der Waals surface area contributed by atoms with Gasteiger partial charge in [0.25, 0.3) is 0 Å². The fourth-order valence-electron chi connectivity index (χ4n) is 2.84. The van der Waals surface area contributed by atoms with Crippen molar-refractivity contribution in [3.63, 3.8) is 0 Å². The van der Waals surface area contributed by atoms with Gasteiger partial charge in [-0.1, -0.05) is 30.3 Å². The maximum absolute atomic E-state index is 14.3. The summed E-state index contributed by atoms with van der Waals surface area (Å²) in [6.45, 7) is 1.58. The van der Waals surface area contributed by atoms with Gasteiger partial charge in [0.2, 0.25) is 0 Å². The summed E-state index contributed by atoms with van der Waals surface area (Å²) in [6, 6.07) is 11.3. The molecule has 4 heteroatoms. The minimum absolute atomic E-state index is 0.170. The van der Waals surface area contributed by atoms with Crippen LogP contribution in [0.1, 0.15) is 22.7 Å². The topological polar surface area (TPSA) is 12.0 Å². The van der Waals surface area contributed by atoms with Crippen molar-refractivity contribution < 1.29 is 8.78 Å². The van der Waals surface area contributed by atoms with Gasteiger partial charge >= 0.3 is 0 Å². The molecule has 2 aromatic rings. The Balaban J connectivity index is 1.93. The van der Waals surface area contributed by atoms with Crippen LogP contribution in [0.5, 0.6) is 0 Å². The third-order valence-electron chi connectivity index (χ3n) is 4.00. The lowest BCUT2D eigenvalue weighted by Crippen LogP contribution is -2.28. The predicted octanol–water partition coefficient (Wildman–Crippen LogP) is 4.25. The number of hydrogen-bond donors (Lipinski definition) is 1. The van der Waals surface area contributed by atoms with Crippen molar-refractivity contribution in [3.05, 3.63) is 64.7 Å². The van der Waals surface area contributed by atoms with Gasteiger partial charge in [0.05, 0.1) is 0 Å². The zero-order valence-electron chi connectivity index (χ0n) is 12.0. The van der Waals surface area contributed by atoms with Gasteiger partial charge in [-0.25, -0.2) is 8.78 Å². The summed E-state index contributed by atoms with van der Waals surface area (Å²) in [5.41, 5.74) is 2.03. The lowest BCUT2D eigenvalue weighted by molar-refractivity contribution is 0.465. The van der Waals surface area contributed by atoms with Gasteiger partial charge in [-0.3, -0.25) is 0 Å². The molecular formula is C17H17F2NS. The van der Waals surface area contributed by atoms with E-state index >= 15 is 0 Å². The highest BCUT2D eigenvalue weighted by Gasteiger charge is 2.31. The molecule has 2 atom stereocenters. The van der Waals surface area contributed by atoms with Gasteiger partial charge in [0.1, 0.15) is 0 Å². The van der Waals surface area contributed by atoms with Crippen molar-refractivity contribution >= 4 is 11.8 Å². The van der Waals surface area contributed by atoms with Crippen LogP contribution in [0.4, 0.5) is 8.78 Å². The van der Waals surface area contributed by atoms with Crippen molar-refractivity contribution in [2.45, 2.75) is 29.5 Å². The molecule has 3 rings (SSSR count). The SMILES string of the molecule is CNC(c1ccc(C)c(F)c1F)C1Cc2ccccc2S1. The molecule has 21 heavy (non-hydrogen) atoms. The fraction of sp³-hybridized carbons (Fsp3) is 0.294. The number of aryl methyl sites for hydroxylation is 1. The Hall–Kier alpha value is -1.39. The second kappa shape index (κ2) is 5.78. The highest BCUT2D eigenvalue weighted by molar-refractivity contribution is 8.00. The van der Waals surface area contributed by atoms with Gasteiger partial charge in [-0.2, -0.15) is 0 Å². The minimum Gasteiger partial charge on any atom is -0.312 e. The molecule has 1 aliphatic rings. The summed E-state index contributed by atoms with van der Waals surface area (Å²) in [5, 5.41) is 3.33. The zero-order valence-corrected chi connectivity index (χ0v) is 12.8. The van der Waals surface area contributed by atoms with E-state index in [1.54, 1.807) is 37.9 Å². The molecule has 0 aliphatic carbocycles. The van der Waals surface area contributed by atoms with E-state index in [0.717, 1.165) is 6.42 Å². The zero-order chi connectivity index (χ0) is 15.0. The number of benzene rings is 2. The second-order valence-corrected chi connectivity index (χ2v) is 6.62. The molecule has 0 aromatic heterocycles. The molecule has 0 saturated heterocycles. The maximum Gasteiger partial charge on any atom is 0.163 e. The summed E-state index contributed by atoms with van der Waals surface area (Å²) in [4.78, 5) is 1.23. The molecule has 0 fully saturated rings. The number of nitrogens with one attached hydrogen (secondary N) is 1. The van der Waals surface area contributed by atoms with Crippen LogP contribution in [0.25, 0.3) is 0 Å². The summed E-state index contributed by atoms with van der Waals surface area (Å²) in [7, 11) is 1.80. The molecule has 1 aliphatic heterocycles. The van der Waals surface area contributed by atoms with E-state index in [0.29, 0.717) is 11.1 Å². The van der Waals surface area contributed by atoms with E-state index in [2.05, 4.69) is 17.4 Å². The van der Waals surface area contributed by atoms with E-state index in [1.807, 2.05) is 12.1 Å². The number of rotatable bonds is 3. The average Bonchev–Trinajstić information content (AvgIpc) is 2.91. The van der Waals surface area contributed by atoms with Gasteiger partial charge in [-0.05, 0) is 37.6 Å². The molecule has 2 unspecified atom stereocenters. The second-order valence-electron chi connectivity index (χ2n) is 5.33. The molecule has 0 amide bonds. The quantitative estimate of drug-likeness (QED) is 0.910. The number of thioether (sulfide) groups is 1. The monoisotopic (exact) mass is 305 g/mol. The molecule has 1 nitrogen and oxygen atoms in total. The highest BCUT2D eigenvalue weighted by atomic mass is 32.2. The summed E-state index contributed by atoms with van der Waals surface area (Å²) in [6.07, 6.45) is 0.862. The van der Waals surface area contributed by atoms with Crippen LogP contribution in [-0.2, 0) is 6.42 Å². The van der Waals surface area contributed by atoms with Crippen molar-refractivity contribution in [2.24, 2.45) is 0 Å². The number of hydrogen-bond acceptors (Lipinski definition) is 2. The Bertz CT molecular complexity index is 647. The largest absolute Gasteiger partial charge is 0.312 e. The first kappa shape index (κ1) is 14.5. The Morgan fingerprint density at radius 1 is 1.14 bits per heavy atom. The van der Waals surface area contributed by atoms with Crippen LogP contribution < -0.4 is 5.32 Å². The molecule has 0 spiro atoms. The van der Waals surface area contributed by atoms with Crippen molar-refractivity contribution in [3.8, 4) is 0 Å². The maximum atomic E-state index is 14.3. The molecular weight excluding hydrogens is 288 g/mol. The summed E-state index contributed by atoms with van der Waals surface area (Å²) < 4.78 is 28.1. The average molecular weight is 305 g/mol. The smallest absolute Gasteiger partial charge is 0.163 e. The fourth-order valence-corrected chi connectivity index (χ4v) is 4.31. The first-order chi connectivity index (χ1) is 10.1. The number of fused-ring (bicyclic) bond motifs is 1. The lowest BCUT2D eigenvalue weighted by Gasteiger charge is -2.23. The van der Waals surface area contributed by atoms with E-state index in [-0.39, 0.29) is 11.3 Å². The summed E-state index contributed by atoms with van der Waals surface area (Å²) in [5.74, 6) is -1.47. The number of halogens is 2. The minimum atomic E-state index is -0.742. The Morgan fingerprint density at radius 2 is 1.90 bits per heavy atom. The van der Waals surface area contributed by atoms with Gasteiger partial charge < -0.3 is 5.32 Å². The van der Waals surface area contributed by atoms with Crippen LogP contribution in [0, 0.1) is 18.6 Å². The Kier molecular flexibility index (Phi) is 4.00. The van der Waals surface area contributed by atoms with Crippen molar-refractivity contribution in [2.75, 3.05) is 7.05 Å². The third-order valence-corrected chi connectivity index (χ3v) is 5.39. The normalized spacial score (nSPS) is 18.6. The molecule has 0 radical (unpaired) electrons. The standard InChI is InChI=1S/C17H17F2NS/c1-10-7-8-12(16(19)15(10)18)17(20-2)14-9-11-5-3-4-6-13(11)21-14/h3-8,14,17,20H,9H2,1-2H3. The molecule has 1 heterocycles. The Labute approximate surface area is 127 Å². The van der Waals surface area contributed by atoms with Crippen molar-refractivity contribution in [1.29, 1.82) is 0 Å². The van der Waals surface area contributed by atoms with Gasteiger partial charge in [0.15, 0.2) is 11.6 Å². The molecule has 0 saturated carbocycles. The summed E-state index contributed by atoms with van der Waals surface area (Å²) >= 11 is 1.73. The van der Waals surface area contributed by atoms with Crippen LogP contribution in [0.15, 0.2) is 41.3 Å². The van der Waals surface area contributed by atoms with E-state index < -0.39 is 11.6 Å². The van der Waals surface area contributed by atoms with Crippen molar-refractivity contribution in [1.82, 2.24) is 5.32 Å². The molecule has 0 bridgehead atoms. The third kappa shape index (κ3) is 2.58. The first-order valence-electron chi connectivity index (χ1n) is 6.98. The van der Waals surface area contributed by atoms with Crippen LogP contribution in [-0.4, -0.2) is 12.3 Å². The first-order valence-corrected chi connectivity index (χ1v) is 7.86. The molecule has 110 valence electrons. The highest BCUT2D eigenvalue weighted by Crippen LogP contribution is 2.43. The Morgan fingerprint density at radius 3 is 2.62 bits per heavy atom. The van der Waals surface area contributed by atoms with Crippen LogP contribution in [0.2, 0.25) is 0 Å².